The number of benzene rings is 1. The summed E-state index contributed by atoms with van der Waals surface area (Å²) in [5.41, 5.74) is 6.92. The monoisotopic (exact) mass is 341 g/mol. The number of hydrogen-bond donors (Lipinski definition) is 2. The second kappa shape index (κ2) is 11.0. The summed E-state index contributed by atoms with van der Waals surface area (Å²) in [6.07, 6.45) is 0.831. The zero-order valence-corrected chi connectivity index (χ0v) is 14.9. The van der Waals surface area contributed by atoms with Gasteiger partial charge in [0.05, 0.1) is 12.6 Å². The molecule has 0 aliphatic carbocycles. The maximum absolute atomic E-state index is 12.2. The van der Waals surface area contributed by atoms with Gasteiger partial charge in [-0.3, -0.25) is 9.59 Å². The summed E-state index contributed by atoms with van der Waals surface area (Å²) in [5.74, 6) is -0.267. The number of carbonyl (C=O) groups excluding carboxylic acids is 2. The summed E-state index contributed by atoms with van der Waals surface area (Å²) in [5, 5.41) is 2.64. The van der Waals surface area contributed by atoms with Crippen molar-refractivity contribution >= 4 is 24.2 Å². The molecule has 2 amide bonds. The molecule has 6 heteroatoms. The molecule has 1 rings (SSSR count). The normalized spacial score (nSPS) is 12.7. The maximum atomic E-state index is 12.2. The van der Waals surface area contributed by atoms with Crippen LogP contribution in [0.2, 0.25) is 0 Å². The van der Waals surface area contributed by atoms with E-state index < -0.39 is 6.04 Å². The predicted molar refractivity (Wildman–Crippen MR) is 95.2 cm³/mol. The number of nitrogens with zero attached hydrogens (tertiary/aromatic N) is 1. The Bertz CT molecular complexity index is 482. The van der Waals surface area contributed by atoms with Crippen LogP contribution in [0.3, 0.4) is 0 Å². The number of nitrogens with two attached hydrogens (primary N) is 1. The molecule has 0 fully saturated rings. The summed E-state index contributed by atoms with van der Waals surface area (Å²) in [7, 11) is 0. The van der Waals surface area contributed by atoms with Crippen LogP contribution in [0, 0.1) is 5.92 Å². The number of likely N-dealkylation sites (N-methyl/N-ethyl adjacent to an activating group) is 1. The van der Waals surface area contributed by atoms with E-state index in [9.17, 15) is 9.59 Å². The van der Waals surface area contributed by atoms with Crippen molar-refractivity contribution in [2.24, 2.45) is 11.7 Å². The van der Waals surface area contributed by atoms with Gasteiger partial charge in [-0.25, -0.2) is 0 Å². The Labute approximate surface area is 145 Å². The molecule has 2 unspecified atom stereocenters. The Morgan fingerprint density at radius 2 is 1.83 bits per heavy atom. The van der Waals surface area contributed by atoms with Crippen LogP contribution in [0.25, 0.3) is 0 Å². The molecular weight excluding hydrogens is 314 g/mol. The number of amides is 2. The average Bonchev–Trinajstić information content (AvgIpc) is 2.56. The molecule has 0 spiro atoms. The third-order valence-corrected chi connectivity index (χ3v) is 3.92. The minimum Gasteiger partial charge on any atom is -0.346 e. The molecule has 2 atom stereocenters. The van der Waals surface area contributed by atoms with E-state index in [1.807, 2.05) is 51.1 Å². The van der Waals surface area contributed by atoms with E-state index in [1.54, 1.807) is 4.90 Å². The Morgan fingerprint density at radius 3 is 2.35 bits per heavy atom. The lowest BCUT2D eigenvalue weighted by molar-refractivity contribution is -0.133. The molecule has 0 heterocycles. The molecule has 0 saturated carbocycles. The molecule has 1 aromatic rings. The van der Waals surface area contributed by atoms with Crippen molar-refractivity contribution in [3.05, 3.63) is 35.9 Å². The van der Waals surface area contributed by atoms with Crippen LogP contribution in [-0.2, 0) is 16.1 Å². The van der Waals surface area contributed by atoms with Gasteiger partial charge in [-0.1, -0.05) is 50.6 Å². The third-order valence-electron chi connectivity index (χ3n) is 3.92. The second-order valence-electron chi connectivity index (χ2n) is 5.52. The highest BCUT2D eigenvalue weighted by molar-refractivity contribution is 5.87. The first-order chi connectivity index (χ1) is 10.5. The Morgan fingerprint density at radius 1 is 1.22 bits per heavy atom. The smallest absolute Gasteiger partial charge is 0.242 e. The van der Waals surface area contributed by atoms with Crippen LogP contribution in [0.1, 0.15) is 32.8 Å². The standard InChI is InChI=1S/C17H27N3O2.ClH/c1-4-13(3)16(18)17(22)19-11-15(21)20(5-2)12-14-9-7-6-8-10-14;/h6-10,13,16H,4-5,11-12,18H2,1-3H3,(H,19,22);1H. The second-order valence-corrected chi connectivity index (χ2v) is 5.52. The predicted octanol–water partition coefficient (Wildman–Crippen LogP) is 1.95. The van der Waals surface area contributed by atoms with Gasteiger partial charge in [-0.2, -0.15) is 0 Å². The number of carbonyl (C=O) groups is 2. The van der Waals surface area contributed by atoms with Crippen LogP contribution >= 0.6 is 12.4 Å². The minimum atomic E-state index is -0.568. The van der Waals surface area contributed by atoms with Crippen LogP contribution in [0.15, 0.2) is 30.3 Å². The Hall–Kier alpha value is -1.59. The molecule has 0 aliphatic rings. The summed E-state index contributed by atoms with van der Waals surface area (Å²) in [4.78, 5) is 25.8. The molecule has 0 aromatic heterocycles. The van der Waals surface area contributed by atoms with Gasteiger partial charge in [0.1, 0.15) is 0 Å². The first kappa shape index (κ1) is 21.4. The summed E-state index contributed by atoms with van der Waals surface area (Å²) < 4.78 is 0. The highest BCUT2D eigenvalue weighted by Crippen LogP contribution is 2.06. The van der Waals surface area contributed by atoms with Crippen LogP contribution < -0.4 is 11.1 Å². The average molecular weight is 342 g/mol. The van der Waals surface area contributed by atoms with Gasteiger partial charge in [-0.05, 0) is 18.4 Å². The minimum absolute atomic E-state index is 0. The van der Waals surface area contributed by atoms with E-state index in [1.165, 1.54) is 0 Å². The Kier molecular flexibility index (Phi) is 10.3. The molecule has 0 aliphatic heterocycles. The number of rotatable bonds is 8. The first-order valence-electron chi connectivity index (χ1n) is 7.84. The number of hydrogen-bond acceptors (Lipinski definition) is 3. The van der Waals surface area contributed by atoms with Crippen molar-refractivity contribution in [1.29, 1.82) is 0 Å². The van der Waals surface area contributed by atoms with Crippen molar-refractivity contribution in [3.8, 4) is 0 Å². The lowest BCUT2D eigenvalue weighted by Gasteiger charge is -2.22. The van der Waals surface area contributed by atoms with Gasteiger partial charge < -0.3 is 16.0 Å². The molecule has 3 N–H and O–H groups in total. The van der Waals surface area contributed by atoms with Gasteiger partial charge in [0.15, 0.2) is 0 Å². The van der Waals surface area contributed by atoms with E-state index in [0.717, 1.165) is 12.0 Å². The molecule has 130 valence electrons. The zero-order valence-electron chi connectivity index (χ0n) is 14.1. The van der Waals surface area contributed by atoms with E-state index in [4.69, 9.17) is 5.73 Å². The molecule has 1 aromatic carbocycles. The van der Waals surface area contributed by atoms with Crippen molar-refractivity contribution < 1.29 is 9.59 Å². The molecule has 23 heavy (non-hydrogen) atoms. The highest BCUT2D eigenvalue weighted by atomic mass is 35.5. The Balaban J connectivity index is 0.00000484. The largest absolute Gasteiger partial charge is 0.346 e. The van der Waals surface area contributed by atoms with Crippen molar-refractivity contribution in [2.45, 2.75) is 39.8 Å². The highest BCUT2D eigenvalue weighted by Gasteiger charge is 2.20. The molecule has 0 radical (unpaired) electrons. The van der Waals surface area contributed by atoms with E-state index >= 15 is 0 Å². The molecular formula is C17H28ClN3O2. The van der Waals surface area contributed by atoms with Crippen LogP contribution in [-0.4, -0.2) is 35.8 Å². The molecule has 0 saturated heterocycles. The van der Waals surface area contributed by atoms with Crippen LogP contribution in [0.5, 0.6) is 0 Å². The SMILES string of the molecule is CCC(C)C(N)C(=O)NCC(=O)N(CC)Cc1ccccc1.Cl. The van der Waals surface area contributed by atoms with E-state index in [2.05, 4.69) is 5.32 Å². The van der Waals surface area contributed by atoms with E-state index in [-0.39, 0.29) is 36.7 Å². The summed E-state index contributed by atoms with van der Waals surface area (Å²) >= 11 is 0. The number of halogens is 1. The lowest BCUT2D eigenvalue weighted by Crippen LogP contribution is -2.48. The molecule has 5 nitrogen and oxygen atoms in total. The lowest BCUT2D eigenvalue weighted by atomic mass is 9.99. The number of nitrogens with one attached hydrogen (secondary N) is 1. The van der Waals surface area contributed by atoms with Gasteiger partial charge in [0.2, 0.25) is 11.8 Å². The van der Waals surface area contributed by atoms with Crippen molar-refractivity contribution in [3.63, 3.8) is 0 Å². The van der Waals surface area contributed by atoms with E-state index in [0.29, 0.717) is 13.1 Å². The van der Waals surface area contributed by atoms with Crippen molar-refractivity contribution in [2.75, 3.05) is 13.1 Å². The fraction of sp³-hybridized carbons (Fsp3) is 0.529. The molecule has 0 bridgehead atoms. The quantitative estimate of drug-likeness (QED) is 0.758. The zero-order chi connectivity index (χ0) is 16.5. The topological polar surface area (TPSA) is 75.4 Å². The summed E-state index contributed by atoms with van der Waals surface area (Å²) in [6.45, 7) is 6.98. The van der Waals surface area contributed by atoms with Crippen molar-refractivity contribution in [1.82, 2.24) is 10.2 Å². The first-order valence-corrected chi connectivity index (χ1v) is 7.84. The summed E-state index contributed by atoms with van der Waals surface area (Å²) in [6, 6.07) is 9.22. The fourth-order valence-corrected chi connectivity index (χ4v) is 2.08. The van der Waals surface area contributed by atoms with Gasteiger partial charge in [0, 0.05) is 13.1 Å². The van der Waals surface area contributed by atoms with Gasteiger partial charge in [0.25, 0.3) is 0 Å². The van der Waals surface area contributed by atoms with Crippen LogP contribution in [0.4, 0.5) is 0 Å². The van der Waals surface area contributed by atoms with Gasteiger partial charge >= 0.3 is 0 Å². The third kappa shape index (κ3) is 7.01. The maximum Gasteiger partial charge on any atom is 0.242 e. The van der Waals surface area contributed by atoms with Gasteiger partial charge in [-0.15, -0.1) is 12.4 Å². The fourth-order valence-electron chi connectivity index (χ4n) is 2.08.